The Morgan fingerprint density at radius 3 is 3.04 bits per heavy atom. The van der Waals surface area contributed by atoms with Crippen LogP contribution in [0, 0.1) is 0 Å². The zero-order valence-corrected chi connectivity index (χ0v) is 13.8. The molecule has 0 amide bonds. The van der Waals surface area contributed by atoms with Crippen LogP contribution in [0.25, 0.3) is 10.9 Å². The number of aromatic amines is 1. The van der Waals surface area contributed by atoms with Gasteiger partial charge >= 0.3 is 5.97 Å². The van der Waals surface area contributed by atoms with Crippen molar-refractivity contribution in [2.75, 3.05) is 18.6 Å². The molecule has 3 rings (SSSR count). The number of fused-ring (bicyclic) bond motifs is 1. The number of carbonyl (C=O) groups excluding carboxylic acids is 1. The number of esters is 1. The summed E-state index contributed by atoms with van der Waals surface area (Å²) < 4.78 is 4.70. The van der Waals surface area contributed by atoms with Crippen molar-refractivity contribution in [3.63, 3.8) is 0 Å². The van der Waals surface area contributed by atoms with E-state index in [1.807, 2.05) is 23.1 Å². The Balaban J connectivity index is 1.95. The van der Waals surface area contributed by atoms with E-state index in [0.717, 1.165) is 16.6 Å². The lowest BCUT2D eigenvalue weighted by Gasteiger charge is -2.24. The van der Waals surface area contributed by atoms with E-state index < -0.39 is 0 Å². The first-order valence-electron chi connectivity index (χ1n) is 7.44. The molecule has 1 aromatic carbocycles. The Labute approximate surface area is 143 Å². The second kappa shape index (κ2) is 7.27. The molecule has 124 valence electrons. The van der Waals surface area contributed by atoms with E-state index in [1.54, 1.807) is 18.5 Å². The molecule has 0 bridgehead atoms. The van der Waals surface area contributed by atoms with Crippen LogP contribution in [-0.4, -0.2) is 39.8 Å². The second-order valence-electron chi connectivity index (χ2n) is 5.12. The Morgan fingerprint density at radius 2 is 2.25 bits per heavy atom. The van der Waals surface area contributed by atoms with Crippen LogP contribution in [0.1, 0.15) is 12.8 Å². The van der Waals surface area contributed by atoms with Crippen molar-refractivity contribution in [2.45, 2.75) is 12.8 Å². The average molecular weight is 346 g/mol. The fourth-order valence-electron chi connectivity index (χ4n) is 2.51. The number of aromatic nitrogens is 4. The summed E-state index contributed by atoms with van der Waals surface area (Å²) in [6.45, 7) is 0.576. The molecule has 1 N–H and O–H groups in total. The molecular formula is C16H16ClN5O2. The lowest BCUT2D eigenvalue weighted by atomic mass is 10.2. The predicted octanol–water partition coefficient (Wildman–Crippen LogP) is 3.10. The highest BCUT2D eigenvalue weighted by Crippen LogP contribution is 2.31. The molecular weight excluding hydrogens is 330 g/mol. The molecule has 0 saturated carbocycles. The van der Waals surface area contributed by atoms with Gasteiger partial charge in [0.05, 0.1) is 24.5 Å². The van der Waals surface area contributed by atoms with Gasteiger partial charge in [0.2, 0.25) is 5.28 Å². The third-order valence-corrected chi connectivity index (χ3v) is 3.81. The van der Waals surface area contributed by atoms with Crippen molar-refractivity contribution in [3.8, 4) is 0 Å². The largest absolute Gasteiger partial charge is 0.469 e. The summed E-state index contributed by atoms with van der Waals surface area (Å²) in [5.41, 5.74) is 1.85. The van der Waals surface area contributed by atoms with Crippen molar-refractivity contribution < 1.29 is 9.53 Å². The molecule has 0 radical (unpaired) electrons. The molecule has 0 spiro atoms. The molecule has 3 aromatic rings. The van der Waals surface area contributed by atoms with Gasteiger partial charge < -0.3 is 9.64 Å². The quantitative estimate of drug-likeness (QED) is 0.546. The van der Waals surface area contributed by atoms with E-state index in [2.05, 4.69) is 20.2 Å². The van der Waals surface area contributed by atoms with Crippen molar-refractivity contribution in [1.29, 1.82) is 0 Å². The van der Waals surface area contributed by atoms with Crippen LogP contribution in [0.4, 0.5) is 11.5 Å². The van der Waals surface area contributed by atoms with Gasteiger partial charge in [-0.2, -0.15) is 5.10 Å². The maximum absolute atomic E-state index is 11.4. The SMILES string of the molecule is COC(=O)CCCN(c1ccnc(Cl)n1)c1cccc2[nH]ncc12. The van der Waals surface area contributed by atoms with Crippen molar-refractivity contribution in [2.24, 2.45) is 0 Å². The lowest BCUT2D eigenvalue weighted by Crippen LogP contribution is -2.21. The van der Waals surface area contributed by atoms with Gasteiger partial charge in [-0.1, -0.05) is 6.07 Å². The van der Waals surface area contributed by atoms with Crippen molar-refractivity contribution >= 4 is 40.0 Å². The number of anilines is 2. The number of carbonyl (C=O) groups is 1. The van der Waals surface area contributed by atoms with Gasteiger partial charge in [0, 0.05) is 24.5 Å². The average Bonchev–Trinajstić information content (AvgIpc) is 3.07. The molecule has 0 unspecified atom stereocenters. The van der Waals surface area contributed by atoms with Crippen LogP contribution in [0.5, 0.6) is 0 Å². The molecule has 2 heterocycles. The summed E-state index contributed by atoms with van der Waals surface area (Å²) in [6.07, 6.45) is 4.31. The van der Waals surface area contributed by atoms with E-state index in [9.17, 15) is 4.79 Å². The van der Waals surface area contributed by atoms with E-state index in [0.29, 0.717) is 25.2 Å². The number of benzene rings is 1. The van der Waals surface area contributed by atoms with Gasteiger partial charge in [-0.05, 0) is 36.2 Å². The minimum Gasteiger partial charge on any atom is -0.469 e. The standard InChI is InChI=1S/C16H16ClN5O2/c1-24-15(23)6-3-9-22(14-7-8-18-16(17)20-14)13-5-2-4-12-11(13)10-19-21-12/h2,4-5,7-8,10H,3,6,9H2,1H3,(H,19,21). The zero-order valence-electron chi connectivity index (χ0n) is 13.1. The molecule has 0 saturated heterocycles. The van der Waals surface area contributed by atoms with Crippen molar-refractivity contribution in [3.05, 3.63) is 41.9 Å². The van der Waals surface area contributed by atoms with Crippen LogP contribution < -0.4 is 4.90 Å². The number of nitrogens with zero attached hydrogens (tertiary/aromatic N) is 4. The summed E-state index contributed by atoms with van der Waals surface area (Å²) in [5.74, 6) is 0.422. The minimum atomic E-state index is -0.239. The first-order valence-corrected chi connectivity index (χ1v) is 7.82. The molecule has 0 atom stereocenters. The normalized spacial score (nSPS) is 10.8. The zero-order chi connectivity index (χ0) is 16.9. The van der Waals surface area contributed by atoms with Gasteiger partial charge in [0.1, 0.15) is 5.82 Å². The second-order valence-corrected chi connectivity index (χ2v) is 5.46. The molecule has 0 aliphatic rings. The third-order valence-electron chi connectivity index (χ3n) is 3.63. The Bertz CT molecular complexity index is 851. The molecule has 2 aromatic heterocycles. The van der Waals surface area contributed by atoms with Gasteiger partial charge in [-0.15, -0.1) is 0 Å². The number of hydrogen-bond donors (Lipinski definition) is 1. The van der Waals surface area contributed by atoms with Gasteiger partial charge in [0.15, 0.2) is 0 Å². The number of ether oxygens (including phenoxy) is 1. The monoisotopic (exact) mass is 345 g/mol. The van der Waals surface area contributed by atoms with E-state index >= 15 is 0 Å². The van der Waals surface area contributed by atoms with Crippen molar-refractivity contribution in [1.82, 2.24) is 20.2 Å². The Hall–Kier alpha value is -2.67. The highest BCUT2D eigenvalue weighted by molar-refractivity contribution is 6.28. The Kier molecular flexibility index (Phi) is 4.90. The topological polar surface area (TPSA) is 84.0 Å². The fourth-order valence-corrected chi connectivity index (χ4v) is 2.65. The number of rotatable bonds is 6. The van der Waals surface area contributed by atoms with Gasteiger partial charge in [-0.3, -0.25) is 9.89 Å². The first-order chi connectivity index (χ1) is 11.7. The highest BCUT2D eigenvalue weighted by Gasteiger charge is 2.16. The first kappa shape index (κ1) is 16.2. The van der Waals surface area contributed by atoms with Crippen LogP contribution in [-0.2, 0) is 9.53 Å². The molecule has 24 heavy (non-hydrogen) atoms. The molecule has 0 aliphatic carbocycles. The van der Waals surface area contributed by atoms with Crippen LogP contribution >= 0.6 is 11.6 Å². The third kappa shape index (κ3) is 3.46. The maximum atomic E-state index is 11.4. The molecule has 8 heteroatoms. The minimum absolute atomic E-state index is 0.171. The molecule has 0 aliphatic heterocycles. The maximum Gasteiger partial charge on any atom is 0.305 e. The van der Waals surface area contributed by atoms with Crippen LogP contribution in [0.2, 0.25) is 5.28 Å². The summed E-state index contributed by atoms with van der Waals surface area (Å²) in [6, 6.07) is 7.65. The summed E-state index contributed by atoms with van der Waals surface area (Å²) in [5, 5.41) is 8.18. The summed E-state index contributed by atoms with van der Waals surface area (Å²) >= 11 is 5.94. The molecule has 7 nitrogen and oxygen atoms in total. The van der Waals surface area contributed by atoms with Gasteiger partial charge in [0.25, 0.3) is 0 Å². The number of halogens is 1. The number of H-pyrrole nitrogens is 1. The fraction of sp³-hybridized carbons (Fsp3) is 0.250. The van der Waals surface area contributed by atoms with Crippen LogP contribution in [0.15, 0.2) is 36.7 Å². The lowest BCUT2D eigenvalue weighted by molar-refractivity contribution is -0.140. The molecule has 0 fully saturated rings. The summed E-state index contributed by atoms with van der Waals surface area (Å²) in [7, 11) is 1.39. The number of nitrogens with one attached hydrogen (secondary N) is 1. The van der Waals surface area contributed by atoms with Gasteiger partial charge in [-0.25, -0.2) is 9.97 Å². The van der Waals surface area contributed by atoms with Crippen LogP contribution in [0.3, 0.4) is 0 Å². The summed E-state index contributed by atoms with van der Waals surface area (Å²) in [4.78, 5) is 21.6. The van der Waals surface area contributed by atoms with E-state index in [-0.39, 0.29) is 11.3 Å². The Morgan fingerprint density at radius 1 is 1.38 bits per heavy atom. The highest BCUT2D eigenvalue weighted by atomic mass is 35.5. The van der Waals surface area contributed by atoms with E-state index in [1.165, 1.54) is 7.11 Å². The smallest absolute Gasteiger partial charge is 0.305 e. The van der Waals surface area contributed by atoms with E-state index in [4.69, 9.17) is 16.3 Å². The number of methoxy groups -OCH3 is 1. The predicted molar refractivity (Wildman–Crippen MR) is 91.4 cm³/mol. The number of hydrogen-bond acceptors (Lipinski definition) is 6.